The highest BCUT2D eigenvalue weighted by atomic mass is 16.8. The minimum atomic E-state index is -1.98. The molecule has 4 rings (SSSR count). The molecule has 0 radical (unpaired) electrons. The van der Waals surface area contributed by atoms with E-state index in [2.05, 4.69) is 0 Å². The predicted octanol–water partition coefficient (Wildman–Crippen LogP) is -8.44. The van der Waals surface area contributed by atoms with Crippen molar-refractivity contribution >= 4 is 0 Å². The van der Waals surface area contributed by atoms with E-state index in [-0.39, 0.29) is 0 Å². The van der Waals surface area contributed by atoms with E-state index in [0.29, 0.717) is 0 Å². The molecule has 4 fully saturated rings. The Bertz CT molecular complexity index is 942. The highest BCUT2D eigenvalue weighted by molar-refractivity contribution is 4.98. The van der Waals surface area contributed by atoms with Crippen molar-refractivity contribution in [2.75, 3.05) is 40.6 Å². The molecule has 4 aliphatic rings. The van der Waals surface area contributed by atoms with Crippen molar-refractivity contribution in [2.24, 2.45) is 0 Å². The molecule has 0 aromatic carbocycles. The van der Waals surface area contributed by atoms with E-state index >= 15 is 0 Å². The van der Waals surface area contributed by atoms with Crippen molar-refractivity contribution in [3.05, 3.63) is 0 Å². The van der Waals surface area contributed by atoms with Crippen LogP contribution in [0.3, 0.4) is 0 Å². The maximum atomic E-state index is 10.9. The van der Waals surface area contributed by atoms with Crippen LogP contribution in [0.4, 0.5) is 0 Å². The summed E-state index contributed by atoms with van der Waals surface area (Å²) in [6.07, 6.45) is -32.5. The molecule has 12 N–H and O–H groups in total. The lowest BCUT2D eigenvalue weighted by Crippen LogP contribution is -2.67. The van der Waals surface area contributed by atoms with Crippen LogP contribution in [0.2, 0.25) is 0 Å². The fourth-order valence-corrected chi connectivity index (χ4v) is 6.00. The molecule has 0 aliphatic carbocycles. The van der Waals surface area contributed by atoms with Crippen LogP contribution >= 0.6 is 0 Å². The largest absolute Gasteiger partial charge is 0.394 e. The Kier molecular flexibility index (Phi) is 14.0. The number of aliphatic hydroxyl groups excluding tert-OH is 12. The molecular formula is C26H46O21. The third kappa shape index (κ3) is 7.90. The van der Waals surface area contributed by atoms with E-state index in [1.165, 1.54) is 14.2 Å². The zero-order valence-electron chi connectivity index (χ0n) is 25.4. The molecule has 276 valence electrons. The standard InChI is InChI=1S/C26H46O21/c1-39-19-7(3-27)42-24(16(36)11(19)31)46-21-9(5-29)44-26(18(38)13(21)33)47-22-10(6-30)43-25(17(37)14(22)34)45-20-8(4-28)41-23(40-2)15(35)12(20)32/h7-38H,3-6H2,1-2H3. The maximum absolute atomic E-state index is 10.9. The van der Waals surface area contributed by atoms with Crippen molar-refractivity contribution in [2.45, 2.75) is 123 Å². The first-order valence-electron chi connectivity index (χ1n) is 14.9. The van der Waals surface area contributed by atoms with E-state index in [9.17, 15) is 61.3 Å². The van der Waals surface area contributed by atoms with Gasteiger partial charge in [-0.3, -0.25) is 0 Å². The second kappa shape index (κ2) is 16.9. The first-order chi connectivity index (χ1) is 22.4. The van der Waals surface area contributed by atoms with Crippen molar-refractivity contribution in [3.8, 4) is 0 Å². The second-order valence-corrected chi connectivity index (χ2v) is 11.6. The zero-order chi connectivity index (χ0) is 34.7. The molecule has 0 bridgehead atoms. The average molecular weight is 695 g/mol. The molecule has 20 atom stereocenters. The fraction of sp³-hybridized carbons (Fsp3) is 1.00. The van der Waals surface area contributed by atoms with Crippen LogP contribution in [0.15, 0.2) is 0 Å². The third-order valence-electron chi connectivity index (χ3n) is 8.66. The first kappa shape index (κ1) is 39.0. The molecule has 0 aromatic rings. The van der Waals surface area contributed by atoms with Crippen molar-refractivity contribution in [3.63, 3.8) is 0 Å². The van der Waals surface area contributed by atoms with Crippen molar-refractivity contribution < 1.29 is 104 Å². The Labute approximate surface area is 267 Å². The van der Waals surface area contributed by atoms with Gasteiger partial charge in [-0.1, -0.05) is 0 Å². The van der Waals surface area contributed by atoms with Crippen LogP contribution in [0.5, 0.6) is 0 Å². The molecule has 4 heterocycles. The molecule has 0 aromatic heterocycles. The highest BCUT2D eigenvalue weighted by Crippen LogP contribution is 2.34. The van der Waals surface area contributed by atoms with Crippen LogP contribution < -0.4 is 0 Å². The Hall–Kier alpha value is -0.840. The number of hydrogen-bond acceptors (Lipinski definition) is 21. The molecule has 21 nitrogen and oxygen atoms in total. The topological polar surface area (TPSA) is 326 Å². The number of aliphatic hydroxyl groups is 12. The van der Waals surface area contributed by atoms with Gasteiger partial charge >= 0.3 is 0 Å². The van der Waals surface area contributed by atoms with Crippen LogP contribution in [-0.2, 0) is 42.6 Å². The normalized spacial score (nSPS) is 51.2. The molecule has 4 saturated heterocycles. The maximum Gasteiger partial charge on any atom is 0.187 e. The Morgan fingerprint density at radius 2 is 0.617 bits per heavy atom. The summed E-state index contributed by atoms with van der Waals surface area (Å²) in [5.41, 5.74) is 0. The Morgan fingerprint density at radius 1 is 0.362 bits per heavy atom. The molecule has 4 aliphatic heterocycles. The smallest absolute Gasteiger partial charge is 0.187 e. The lowest BCUT2D eigenvalue weighted by molar-refractivity contribution is -0.388. The number of rotatable bonds is 12. The van der Waals surface area contributed by atoms with Gasteiger partial charge < -0.3 is 104 Å². The van der Waals surface area contributed by atoms with Crippen LogP contribution in [0, 0.1) is 0 Å². The number of hydrogen-bond donors (Lipinski definition) is 12. The highest BCUT2D eigenvalue weighted by Gasteiger charge is 2.55. The summed E-state index contributed by atoms with van der Waals surface area (Å²) in [4.78, 5) is 0. The summed E-state index contributed by atoms with van der Waals surface area (Å²) in [7, 11) is 2.41. The van der Waals surface area contributed by atoms with Gasteiger partial charge in [0.1, 0.15) is 97.7 Å². The Balaban J connectivity index is 1.43. The zero-order valence-corrected chi connectivity index (χ0v) is 25.4. The van der Waals surface area contributed by atoms with E-state index in [1.807, 2.05) is 0 Å². The van der Waals surface area contributed by atoms with Gasteiger partial charge in [0, 0.05) is 14.2 Å². The van der Waals surface area contributed by atoms with Crippen molar-refractivity contribution in [1.29, 1.82) is 0 Å². The summed E-state index contributed by atoms with van der Waals surface area (Å²) in [6, 6.07) is 0. The van der Waals surface area contributed by atoms with E-state index in [1.54, 1.807) is 0 Å². The van der Waals surface area contributed by atoms with Crippen LogP contribution in [0.1, 0.15) is 0 Å². The lowest BCUT2D eigenvalue weighted by Gasteiger charge is -2.49. The van der Waals surface area contributed by atoms with E-state index in [4.69, 9.17) is 42.6 Å². The monoisotopic (exact) mass is 694 g/mol. The summed E-state index contributed by atoms with van der Waals surface area (Å²) in [6.45, 7) is -3.09. The van der Waals surface area contributed by atoms with Crippen LogP contribution in [0.25, 0.3) is 0 Å². The predicted molar refractivity (Wildman–Crippen MR) is 143 cm³/mol. The van der Waals surface area contributed by atoms with Gasteiger partial charge in [0.25, 0.3) is 0 Å². The molecule has 0 saturated carbocycles. The molecule has 47 heavy (non-hydrogen) atoms. The van der Waals surface area contributed by atoms with Gasteiger partial charge in [0.15, 0.2) is 25.2 Å². The first-order valence-corrected chi connectivity index (χ1v) is 14.9. The third-order valence-corrected chi connectivity index (χ3v) is 8.66. The number of ether oxygens (including phenoxy) is 9. The van der Waals surface area contributed by atoms with Gasteiger partial charge in [-0.15, -0.1) is 0 Å². The molecule has 0 amide bonds. The van der Waals surface area contributed by atoms with E-state index < -0.39 is 149 Å². The number of methoxy groups -OCH3 is 2. The SMILES string of the molecule is COC1OC(CO)C(OC2OC(CO)C(OC3OC(CO)C(OC4OC(CO)C(OC)C(O)C4O)C(O)C3O)C(O)C2O)C(O)C1O. The average Bonchev–Trinajstić information content (AvgIpc) is 3.07. The lowest BCUT2D eigenvalue weighted by atomic mass is 9.95. The van der Waals surface area contributed by atoms with Crippen molar-refractivity contribution in [1.82, 2.24) is 0 Å². The summed E-state index contributed by atoms with van der Waals surface area (Å²) < 4.78 is 48.7. The fourth-order valence-electron chi connectivity index (χ4n) is 6.00. The minimum absolute atomic E-state index is 0.642. The summed E-state index contributed by atoms with van der Waals surface area (Å²) >= 11 is 0. The Morgan fingerprint density at radius 3 is 0.894 bits per heavy atom. The molecular weight excluding hydrogens is 648 g/mol. The quantitative estimate of drug-likeness (QED) is 0.0902. The van der Waals surface area contributed by atoms with E-state index in [0.717, 1.165) is 0 Å². The summed E-state index contributed by atoms with van der Waals surface area (Å²) in [5.74, 6) is 0. The van der Waals surface area contributed by atoms with Gasteiger partial charge in [-0.25, -0.2) is 0 Å². The van der Waals surface area contributed by atoms with Gasteiger partial charge in [0.2, 0.25) is 0 Å². The minimum Gasteiger partial charge on any atom is -0.394 e. The van der Waals surface area contributed by atoms with Gasteiger partial charge in [0.05, 0.1) is 26.4 Å². The summed E-state index contributed by atoms with van der Waals surface area (Å²) in [5, 5.41) is 125. The van der Waals surface area contributed by atoms with Crippen LogP contribution in [-0.4, -0.2) is 225 Å². The molecule has 21 heteroatoms. The second-order valence-electron chi connectivity index (χ2n) is 11.6. The molecule has 20 unspecified atom stereocenters. The molecule has 0 spiro atoms. The van der Waals surface area contributed by atoms with Gasteiger partial charge in [-0.2, -0.15) is 0 Å². The van der Waals surface area contributed by atoms with Gasteiger partial charge in [-0.05, 0) is 0 Å².